The van der Waals surface area contributed by atoms with Crippen LogP contribution in [0.5, 0.6) is 0 Å². The van der Waals surface area contributed by atoms with Gasteiger partial charge < -0.3 is 5.73 Å². The Labute approximate surface area is 82.0 Å². The van der Waals surface area contributed by atoms with Gasteiger partial charge in [0.1, 0.15) is 5.82 Å². The standard InChI is InChI=1S/C10H11ClFN/c1-7(4-5-13)8-2-3-10(12)9(11)6-8/h2-4,6H,5,13H2,1H3. The molecule has 0 unspecified atom stereocenters. The molecular weight excluding hydrogens is 189 g/mol. The van der Waals surface area contributed by atoms with Crippen molar-refractivity contribution in [2.75, 3.05) is 6.54 Å². The third-order valence-corrected chi connectivity index (χ3v) is 2.09. The molecule has 1 nitrogen and oxygen atoms in total. The van der Waals surface area contributed by atoms with Crippen molar-refractivity contribution in [3.8, 4) is 0 Å². The van der Waals surface area contributed by atoms with Crippen molar-refractivity contribution in [1.82, 2.24) is 0 Å². The SMILES string of the molecule is CC(=CCN)c1ccc(F)c(Cl)c1. The van der Waals surface area contributed by atoms with Gasteiger partial charge in [0.05, 0.1) is 5.02 Å². The maximum absolute atomic E-state index is 12.8. The Balaban J connectivity index is 3.04. The normalized spacial score (nSPS) is 11.8. The zero-order chi connectivity index (χ0) is 9.84. The van der Waals surface area contributed by atoms with E-state index in [2.05, 4.69) is 0 Å². The van der Waals surface area contributed by atoms with Crippen LogP contribution in [0.2, 0.25) is 5.02 Å². The molecule has 13 heavy (non-hydrogen) atoms. The van der Waals surface area contributed by atoms with E-state index in [1.807, 2.05) is 13.0 Å². The van der Waals surface area contributed by atoms with Gasteiger partial charge in [-0.2, -0.15) is 0 Å². The average molecular weight is 200 g/mol. The van der Waals surface area contributed by atoms with Crippen LogP contribution >= 0.6 is 11.6 Å². The highest BCUT2D eigenvalue weighted by Gasteiger charge is 2.01. The quantitative estimate of drug-likeness (QED) is 0.779. The topological polar surface area (TPSA) is 26.0 Å². The van der Waals surface area contributed by atoms with Crippen molar-refractivity contribution in [1.29, 1.82) is 0 Å². The van der Waals surface area contributed by atoms with Crippen LogP contribution in [-0.2, 0) is 0 Å². The molecule has 1 rings (SSSR count). The number of halogens is 2. The summed E-state index contributed by atoms with van der Waals surface area (Å²) < 4.78 is 12.8. The molecule has 0 atom stereocenters. The molecule has 0 aliphatic heterocycles. The monoisotopic (exact) mass is 199 g/mol. The van der Waals surface area contributed by atoms with Gasteiger partial charge in [0, 0.05) is 6.54 Å². The van der Waals surface area contributed by atoms with Gasteiger partial charge in [-0.3, -0.25) is 0 Å². The van der Waals surface area contributed by atoms with Gasteiger partial charge in [0.2, 0.25) is 0 Å². The Morgan fingerprint density at radius 3 is 2.85 bits per heavy atom. The molecule has 1 aromatic carbocycles. The lowest BCUT2D eigenvalue weighted by atomic mass is 10.1. The molecule has 0 amide bonds. The molecule has 2 N–H and O–H groups in total. The summed E-state index contributed by atoms with van der Waals surface area (Å²) >= 11 is 5.62. The van der Waals surface area contributed by atoms with Crippen molar-refractivity contribution in [3.63, 3.8) is 0 Å². The molecule has 1 aromatic rings. The van der Waals surface area contributed by atoms with E-state index in [0.717, 1.165) is 11.1 Å². The lowest BCUT2D eigenvalue weighted by Gasteiger charge is -2.02. The highest BCUT2D eigenvalue weighted by molar-refractivity contribution is 6.30. The van der Waals surface area contributed by atoms with Crippen LogP contribution in [0.25, 0.3) is 5.57 Å². The van der Waals surface area contributed by atoms with E-state index in [9.17, 15) is 4.39 Å². The predicted octanol–water partition coefficient (Wildman–Crippen LogP) is 2.84. The summed E-state index contributed by atoms with van der Waals surface area (Å²) in [6.45, 7) is 2.39. The zero-order valence-corrected chi connectivity index (χ0v) is 8.11. The van der Waals surface area contributed by atoms with E-state index in [1.54, 1.807) is 12.1 Å². The van der Waals surface area contributed by atoms with Gasteiger partial charge in [-0.25, -0.2) is 4.39 Å². The number of hydrogen-bond acceptors (Lipinski definition) is 1. The first-order valence-electron chi connectivity index (χ1n) is 3.97. The van der Waals surface area contributed by atoms with E-state index in [4.69, 9.17) is 17.3 Å². The Kier molecular flexibility index (Phi) is 3.46. The summed E-state index contributed by atoms with van der Waals surface area (Å²) in [6, 6.07) is 4.63. The molecular formula is C10H11ClFN. The minimum absolute atomic E-state index is 0.141. The number of nitrogens with two attached hydrogens (primary N) is 1. The van der Waals surface area contributed by atoms with Crippen molar-refractivity contribution in [3.05, 3.63) is 40.7 Å². The van der Waals surface area contributed by atoms with Crippen LogP contribution in [0.3, 0.4) is 0 Å². The van der Waals surface area contributed by atoms with Crippen LogP contribution in [-0.4, -0.2) is 6.54 Å². The molecule has 0 spiro atoms. The summed E-state index contributed by atoms with van der Waals surface area (Å²) in [6.07, 6.45) is 1.86. The summed E-state index contributed by atoms with van der Waals surface area (Å²) in [4.78, 5) is 0. The molecule has 3 heteroatoms. The third kappa shape index (κ3) is 2.54. The van der Waals surface area contributed by atoms with E-state index in [0.29, 0.717) is 6.54 Å². The van der Waals surface area contributed by atoms with Gasteiger partial charge in [0.15, 0.2) is 0 Å². The summed E-state index contributed by atoms with van der Waals surface area (Å²) in [5.41, 5.74) is 7.26. The van der Waals surface area contributed by atoms with E-state index in [1.165, 1.54) is 6.07 Å². The van der Waals surface area contributed by atoms with Crippen LogP contribution in [0.1, 0.15) is 12.5 Å². The van der Waals surface area contributed by atoms with Crippen LogP contribution < -0.4 is 5.73 Å². The molecule has 0 heterocycles. The second-order valence-electron chi connectivity index (χ2n) is 2.75. The van der Waals surface area contributed by atoms with Crippen molar-refractivity contribution >= 4 is 17.2 Å². The third-order valence-electron chi connectivity index (χ3n) is 1.80. The summed E-state index contributed by atoms with van der Waals surface area (Å²) in [7, 11) is 0. The fourth-order valence-corrected chi connectivity index (χ4v) is 1.22. The van der Waals surface area contributed by atoms with Crippen molar-refractivity contribution in [2.24, 2.45) is 5.73 Å². The molecule has 0 saturated heterocycles. The molecule has 0 aliphatic rings. The van der Waals surface area contributed by atoms with Gasteiger partial charge in [0.25, 0.3) is 0 Å². The second-order valence-corrected chi connectivity index (χ2v) is 3.16. The highest BCUT2D eigenvalue weighted by Crippen LogP contribution is 2.20. The number of rotatable bonds is 2. The Morgan fingerprint density at radius 1 is 1.62 bits per heavy atom. The van der Waals surface area contributed by atoms with E-state index >= 15 is 0 Å². The smallest absolute Gasteiger partial charge is 0.141 e. The average Bonchev–Trinajstić information content (AvgIpc) is 2.10. The number of allylic oxidation sites excluding steroid dienone is 1. The predicted molar refractivity (Wildman–Crippen MR) is 54.1 cm³/mol. The molecule has 70 valence electrons. The Morgan fingerprint density at radius 2 is 2.31 bits per heavy atom. The molecule has 0 aromatic heterocycles. The largest absolute Gasteiger partial charge is 0.327 e. The Bertz CT molecular complexity index is 334. The van der Waals surface area contributed by atoms with Crippen molar-refractivity contribution in [2.45, 2.75) is 6.92 Å². The van der Waals surface area contributed by atoms with E-state index < -0.39 is 5.82 Å². The van der Waals surface area contributed by atoms with Crippen LogP contribution in [0, 0.1) is 5.82 Å². The number of hydrogen-bond donors (Lipinski definition) is 1. The minimum Gasteiger partial charge on any atom is -0.327 e. The molecule has 0 bridgehead atoms. The molecule has 0 fully saturated rings. The Hall–Kier alpha value is -0.860. The summed E-state index contributed by atoms with van der Waals surface area (Å²) in [5.74, 6) is -0.397. The lowest BCUT2D eigenvalue weighted by Crippen LogP contribution is -1.94. The number of benzene rings is 1. The highest BCUT2D eigenvalue weighted by atomic mass is 35.5. The molecule has 0 radical (unpaired) electrons. The molecule has 0 aliphatic carbocycles. The van der Waals surface area contributed by atoms with Gasteiger partial charge in [-0.1, -0.05) is 23.7 Å². The van der Waals surface area contributed by atoms with Gasteiger partial charge in [-0.05, 0) is 30.2 Å². The zero-order valence-electron chi connectivity index (χ0n) is 7.35. The molecule has 0 saturated carbocycles. The lowest BCUT2D eigenvalue weighted by molar-refractivity contribution is 0.628. The van der Waals surface area contributed by atoms with Crippen LogP contribution in [0.15, 0.2) is 24.3 Å². The van der Waals surface area contributed by atoms with Crippen molar-refractivity contribution < 1.29 is 4.39 Å². The van der Waals surface area contributed by atoms with Gasteiger partial charge in [-0.15, -0.1) is 0 Å². The van der Waals surface area contributed by atoms with Crippen LogP contribution in [0.4, 0.5) is 4.39 Å². The van der Waals surface area contributed by atoms with Gasteiger partial charge >= 0.3 is 0 Å². The fourth-order valence-electron chi connectivity index (χ4n) is 1.04. The maximum Gasteiger partial charge on any atom is 0.141 e. The first kappa shape index (κ1) is 10.2. The minimum atomic E-state index is -0.397. The van der Waals surface area contributed by atoms with E-state index in [-0.39, 0.29) is 5.02 Å². The first-order chi connectivity index (χ1) is 6.15. The maximum atomic E-state index is 12.8. The second kappa shape index (κ2) is 4.40. The fraction of sp³-hybridized carbons (Fsp3) is 0.200. The summed E-state index contributed by atoms with van der Waals surface area (Å²) in [5, 5.41) is 0.141. The first-order valence-corrected chi connectivity index (χ1v) is 4.35.